The summed E-state index contributed by atoms with van der Waals surface area (Å²) in [6, 6.07) is 0. The molecule has 7 fully saturated rings. The van der Waals surface area contributed by atoms with E-state index in [1.165, 1.54) is 0 Å². The van der Waals surface area contributed by atoms with E-state index >= 15 is 0 Å². The lowest BCUT2D eigenvalue weighted by molar-refractivity contribution is -0.360. The van der Waals surface area contributed by atoms with Gasteiger partial charge in [-0.15, -0.1) is 0 Å². The van der Waals surface area contributed by atoms with Crippen molar-refractivity contribution in [2.75, 3.05) is 13.2 Å². The maximum absolute atomic E-state index is 12.1. The molecular formula is C32H50O11. The highest BCUT2D eigenvalue weighted by Crippen LogP contribution is 2.72. The molecule has 7 N–H and O–H groups in total. The van der Waals surface area contributed by atoms with Crippen LogP contribution in [0.2, 0.25) is 0 Å². The van der Waals surface area contributed by atoms with E-state index in [0.29, 0.717) is 18.9 Å². The third kappa shape index (κ3) is 4.00. The summed E-state index contributed by atoms with van der Waals surface area (Å²) < 4.78 is 24.5. The van der Waals surface area contributed by atoms with E-state index in [1.807, 2.05) is 0 Å². The molecule has 18 atom stereocenters. The van der Waals surface area contributed by atoms with Crippen molar-refractivity contribution >= 4 is 0 Å². The van der Waals surface area contributed by atoms with Crippen LogP contribution >= 0.6 is 0 Å². The lowest BCUT2D eigenvalue weighted by atomic mass is 9.41. The number of rotatable bonds is 2. The summed E-state index contributed by atoms with van der Waals surface area (Å²) in [4.78, 5) is 0. The highest BCUT2D eigenvalue weighted by atomic mass is 16.7. The SMILES string of the molecule is C=C1CC[C@@]2(OC1)O[C@H]1C[C@H]3[C@@H]4CC[C@]5(O)[C@@H](O)[C@@H](O)[C@@H](O[C@@H]6OC[C@@H](O)[C@H](O)[C@H]6O)[C@@H](O)[C@]5(C)[C@H]4CC[C@]3(C)[C@H]1[C@@H]2C. The maximum atomic E-state index is 12.1. The van der Waals surface area contributed by atoms with Gasteiger partial charge in [0.15, 0.2) is 12.1 Å². The Morgan fingerprint density at radius 3 is 2.35 bits per heavy atom. The summed E-state index contributed by atoms with van der Waals surface area (Å²) >= 11 is 0. The second kappa shape index (κ2) is 10.1. The zero-order valence-corrected chi connectivity index (χ0v) is 25.4. The van der Waals surface area contributed by atoms with E-state index in [2.05, 4.69) is 20.4 Å². The largest absolute Gasteiger partial charge is 0.390 e. The molecule has 0 aromatic carbocycles. The summed E-state index contributed by atoms with van der Waals surface area (Å²) in [6.07, 6.45) is -6.88. The van der Waals surface area contributed by atoms with Crippen molar-refractivity contribution in [3.05, 3.63) is 12.2 Å². The van der Waals surface area contributed by atoms with Crippen molar-refractivity contribution in [1.29, 1.82) is 0 Å². The van der Waals surface area contributed by atoms with Crippen LogP contribution in [0.5, 0.6) is 0 Å². The van der Waals surface area contributed by atoms with Crippen LogP contribution in [0.1, 0.15) is 65.7 Å². The zero-order chi connectivity index (χ0) is 30.9. The average molecular weight is 611 g/mol. The number of aliphatic hydroxyl groups is 7. The monoisotopic (exact) mass is 610 g/mol. The minimum absolute atomic E-state index is 0.0109. The molecule has 0 aromatic heterocycles. The minimum atomic E-state index is -1.76. The summed E-state index contributed by atoms with van der Waals surface area (Å²) in [5.74, 6) is 0.245. The van der Waals surface area contributed by atoms with Gasteiger partial charge in [-0.1, -0.05) is 32.9 Å². The van der Waals surface area contributed by atoms with Gasteiger partial charge in [0.1, 0.15) is 42.2 Å². The molecule has 1 spiro atoms. The van der Waals surface area contributed by atoms with Crippen molar-refractivity contribution in [3.8, 4) is 0 Å². The molecule has 0 amide bonds. The molecule has 0 radical (unpaired) electrons. The lowest BCUT2D eigenvalue weighted by Gasteiger charge is -2.67. The van der Waals surface area contributed by atoms with Gasteiger partial charge >= 0.3 is 0 Å². The quantitative estimate of drug-likeness (QED) is 0.168. The molecule has 11 heteroatoms. The van der Waals surface area contributed by atoms with Crippen molar-refractivity contribution in [2.45, 2.75) is 132 Å². The Labute approximate surface area is 252 Å². The van der Waals surface area contributed by atoms with Gasteiger partial charge < -0.3 is 54.7 Å². The van der Waals surface area contributed by atoms with Gasteiger partial charge in [0.2, 0.25) is 0 Å². The Hall–Kier alpha value is -0.700. The predicted molar refractivity (Wildman–Crippen MR) is 150 cm³/mol. The van der Waals surface area contributed by atoms with Crippen LogP contribution in [0, 0.1) is 40.4 Å². The highest BCUT2D eigenvalue weighted by molar-refractivity contribution is 5.23. The Bertz CT molecular complexity index is 1110. The molecule has 3 saturated heterocycles. The lowest BCUT2D eigenvalue weighted by Crippen LogP contribution is -2.78. The van der Waals surface area contributed by atoms with E-state index in [0.717, 1.165) is 37.7 Å². The van der Waals surface area contributed by atoms with Gasteiger partial charge in [-0.3, -0.25) is 0 Å². The average Bonchev–Trinajstić information content (AvgIpc) is 3.42. The topological polar surface area (TPSA) is 179 Å². The summed E-state index contributed by atoms with van der Waals surface area (Å²) in [6.45, 7) is 10.8. The van der Waals surface area contributed by atoms with Crippen LogP contribution in [0.15, 0.2) is 12.2 Å². The zero-order valence-electron chi connectivity index (χ0n) is 25.4. The molecule has 4 saturated carbocycles. The molecule has 0 unspecified atom stereocenters. The number of fused-ring (bicyclic) bond motifs is 7. The fourth-order valence-corrected chi connectivity index (χ4v) is 11.4. The first-order valence-corrected chi connectivity index (χ1v) is 16.3. The smallest absolute Gasteiger partial charge is 0.186 e. The van der Waals surface area contributed by atoms with Crippen molar-refractivity contribution in [2.24, 2.45) is 40.4 Å². The van der Waals surface area contributed by atoms with E-state index < -0.39 is 65.8 Å². The Balaban J connectivity index is 1.16. The first-order chi connectivity index (χ1) is 20.2. The van der Waals surface area contributed by atoms with E-state index in [9.17, 15) is 35.7 Å². The molecule has 0 bridgehead atoms. The summed E-state index contributed by atoms with van der Waals surface area (Å²) in [5.41, 5.74) is -1.91. The molecule has 7 rings (SSSR count). The van der Waals surface area contributed by atoms with Crippen molar-refractivity contribution in [3.63, 3.8) is 0 Å². The molecule has 0 aromatic rings. The molecule has 244 valence electrons. The molecule has 11 nitrogen and oxygen atoms in total. The van der Waals surface area contributed by atoms with Gasteiger partial charge in [-0.2, -0.15) is 0 Å². The van der Waals surface area contributed by atoms with Crippen LogP contribution < -0.4 is 0 Å². The van der Waals surface area contributed by atoms with Crippen LogP contribution in [-0.4, -0.2) is 115 Å². The van der Waals surface area contributed by atoms with E-state index in [-0.39, 0.29) is 48.2 Å². The van der Waals surface area contributed by atoms with Gasteiger partial charge in [0.05, 0.1) is 25.4 Å². The van der Waals surface area contributed by atoms with Crippen LogP contribution in [0.25, 0.3) is 0 Å². The maximum Gasteiger partial charge on any atom is 0.186 e. The second-order valence-corrected chi connectivity index (χ2v) is 15.5. The van der Waals surface area contributed by atoms with Gasteiger partial charge in [-0.05, 0) is 67.6 Å². The Morgan fingerprint density at radius 1 is 0.907 bits per heavy atom. The highest BCUT2D eigenvalue weighted by Gasteiger charge is 2.74. The first-order valence-electron chi connectivity index (χ1n) is 16.3. The summed E-state index contributed by atoms with van der Waals surface area (Å²) in [5, 5.41) is 77.2. The van der Waals surface area contributed by atoms with Crippen LogP contribution in [0.4, 0.5) is 0 Å². The molecule has 3 aliphatic heterocycles. The second-order valence-electron chi connectivity index (χ2n) is 15.5. The van der Waals surface area contributed by atoms with Crippen molar-refractivity contribution < 1.29 is 54.7 Å². The minimum Gasteiger partial charge on any atom is -0.390 e. The Morgan fingerprint density at radius 2 is 1.65 bits per heavy atom. The molecule has 43 heavy (non-hydrogen) atoms. The van der Waals surface area contributed by atoms with Crippen molar-refractivity contribution in [1.82, 2.24) is 0 Å². The fourth-order valence-electron chi connectivity index (χ4n) is 11.4. The molecular weight excluding hydrogens is 560 g/mol. The number of hydrogen-bond donors (Lipinski definition) is 7. The molecule has 7 aliphatic rings. The number of hydrogen-bond acceptors (Lipinski definition) is 11. The standard InChI is InChI=1S/C32H50O11/c1-14-5-10-32(41-12-14)15(2)21-20(43-32)11-18-16-6-9-31(39)26(37)24(36)25(42-28-23(35)22(34)19(33)13-40-28)27(38)30(31,4)17(16)7-8-29(18,21)3/h15-28,33-39H,1,5-13H2,2-4H3/t15-,16+,17-,18-,19+,20-,21-,22-,23+,24-,25+,26-,27+,28-,29-,30-,31-,32+/m0/s1. The molecule has 4 aliphatic carbocycles. The number of ether oxygens (including phenoxy) is 4. The van der Waals surface area contributed by atoms with E-state index in [4.69, 9.17) is 18.9 Å². The van der Waals surface area contributed by atoms with E-state index in [1.54, 1.807) is 6.92 Å². The first kappa shape index (κ1) is 30.9. The van der Waals surface area contributed by atoms with Gasteiger partial charge in [0.25, 0.3) is 0 Å². The third-order valence-electron chi connectivity index (χ3n) is 13.8. The van der Waals surface area contributed by atoms with Crippen LogP contribution in [-0.2, 0) is 18.9 Å². The normalized spacial score (nSPS) is 61.6. The van der Waals surface area contributed by atoms with Gasteiger partial charge in [0, 0.05) is 17.8 Å². The predicted octanol–water partition coefficient (Wildman–Crippen LogP) is 0.205. The summed E-state index contributed by atoms with van der Waals surface area (Å²) in [7, 11) is 0. The van der Waals surface area contributed by atoms with Crippen LogP contribution in [0.3, 0.4) is 0 Å². The number of aliphatic hydroxyl groups excluding tert-OH is 6. The molecule has 3 heterocycles. The van der Waals surface area contributed by atoms with Gasteiger partial charge in [-0.25, -0.2) is 0 Å². The fraction of sp³-hybridized carbons (Fsp3) is 0.938. The Kier molecular flexibility index (Phi) is 7.30. The third-order valence-corrected chi connectivity index (χ3v) is 13.8.